The lowest BCUT2D eigenvalue weighted by atomic mass is 10.0. The molecule has 4 heteroatoms. The zero-order valence-electron chi connectivity index (χ0n) is 12.4. The van der Waals surface area contributed by atoms with E-state index in [0.717, 1.165) is 10.0 Å². The summed E-state index contributed by atoms with van der Waals surface area (Å²) in [6, 6.07) is 13.5. The topological polar surface area (TPSA) is 46.3 Å². The van der Waals surface area contributed by atoms with Crippen molar-refractivity contribution in [1.29, 1.82) is 0 Å². The monoisotopic (exact) mass is 346 g/mol. The Morgan fingerprint density at radius 3 is 2.38 bits per heavy atom. The van der Waals surface area contributed by atoms with Crippen LogP contribution in [0.4, 0.5) is 5.69 Å². The standard InChI is InChI=1S/C17H19BrN2O/c1-11-4-6-13(7-5-11)12(2)20(3)17(21)14-8-9-16(19)15(18)10-14/h4-10,12H,19H2,1-3H3. The smallest absolute Gasteiger partial charge is 0.254 e. The van der Waals surface area contributed by atoms with Gasteiger partial charge < -0.3 is 10.6 Å². The number of carbonyl (C=O) groups excluding carboxylic acids is 1. The van der Waals surface area contributed by atoms with E-state index in [0.29, 0.717) is 11.3 Å². The molecule has 0 aromatic heterocycles. The number of rotatable bonds is 3. The summed E-state index contributed by atoms with van der Waals surface area (Å²) in [6.45, 7) is 4.07. The Labute approximate surface area is 133 Å². The summed E-state index contributed by atoms with van der Waals surface area (Å²) in [6.07, 6.45) is 0. The van der Waals surface area contributed by atoms with Crippen LogP contribution >= 0.6 is 15.9 Å². The van der Waals surface area contributed by atoms with Crippen molar-refractivity contribution >= 4 is 27.5 Å². The van der Waals surface area contributed by atoms with Crippen LogP contribution in [-0.2, 0) is 0 Å². The molecule has 0 bridgehead atoms. The molecule has 0 radical (unpaired) electrons. The van der Waals surface area contributed by atoms with E-state index in [2.05, 4.69) is 47.1 Å². The quantitative estimate of drug-likeness (QED) is 0.847. The van der Waals surface area contributed by atoms with Gasteiger partial charge in [0.1, 0.15) is 0 Å². The van der Waals surface area contributed by atoms with Gasteiger partial charge >= 0.3 is 0 Å². The van der Waals surface area contributed by atoms with E-state index in [1.165, 1.54) is 5.56 Å². The third-order valence-electron chi connectivity index (χ3n) is 3.71. The molecule has 0 aliphatic rings. The van der Waals surface area contributed by atoms with Crippen molar-refractivity contribution < 1.29 is 4.79 Å². The SMILES string of the molecule is Cc1ccc(C(C)N(C)C(=O)c2ccc(N)c(Br)c2)cc1. The van der Waals surface area contributed by atoms with Gasteiger partial charge in [-0.15, -0.1) is 0 Å². The largest absolute Gasteiger partial charge is 0.398 e. The number of benzene rings is 2. The molecular formula is C17H19BrN2O. The average Bonchev–Trinajstić information content (AvgIpc) is 2.48. The van der Waals surface area contributed by atoms with E-state index < -0.39 is 0 Å². The molecule has 1 unspecified atom stereocenters. The fraction of sp³-hybridized carbons (Fsp3) is 0.235. The van der Waals surface area contributed by atoms with E-state index >= 15 is 0 Å². The zero-order chi connectivity index (χ0) is 15.6. The molecule has 2 rings (SSSR count). The molecule has 21 heavy (non-hydrogen) atoms. The average molecular weight is 347 g/mol. The number of anilines is 1. The van der Waals surface area contributed by atoms with Gasteiger partial charge in [-0.3, -0.25) is 4.79 Å². The van der Waals surface area contributed by atoms with Crippen LogP contribution in [0.25, 0.3) is 0 Å². The zero-order valence-corrected chi connectivity index (χ0v) is 14.0. The van der Waals surface area contributed by atoms with Gasteiger partial charge in [0.05, 0.1) is 6.04 Å². The van der Waals surface area contributed by atoms with E-state index in [1.807, 2.05) is 14.0 Å². The summed E-state index contributed by atoms with van der Waals surface area (Å²) in [5, 5.41) is 0. The molecule has 2 aromatic rings. The first kappa shape index (κ1) is 15.6. The Balaban J connectivity index is 2.21. The van der Waals surface area contributed by atoms with Gasteiger partial charge in [-0.1, -0.05) is 29.8 Å². The predicted molar refractivity (Wildman–Crippen MR) is 90.2 cm³/mol. The summed E-state index contributed by atoms with van der Waals surface area (Å²) in [5.74, 6) is -0.0243. The summed E-state index contributed by atoms with van der Waals surface area (Å²) in [4.78, 5) is 14.3. The van der Waals surface area contributed by atoms with Gasteiger partial charge in [0.2, 0.25) is 0 Å². The van der Waals surface area contributed by atoms with Crippen molar-refractivity contribution in [3.8, 4) is 0 Å². The normalized spacial score (nSPS) is 12.0. The Bertz CT molecular complexity index is 652. The second-order valence-corrected chi connectivity index (χ2v) is 6.09. The fourth-order valence-corrected chi connectivity index (χ4v) is 2.49. The molecule has 0 fully saturated rings. The predicted octanol–water partition coefficient (Wildman–Crippen LogP) is 4.17. The second kappa shape index (κ2) is 6.31. The molecule has 2 N–H and O–H groups in total. The number of aryl methyl sites for hydroxylation is 1. The number of nitrogens with zero attached hydrogens (tertiary/aromatic N) is 1. The molecule has 0 aliphatic carbocycles. The summed E-state index contributed by atoms with van der Waals surface area (Å²) < 4.78 is 0.740. The Morgan fingerprint density at radius 1 is 1.19 bits per heavy atom. The van der Waals surface area contributed by atoms with E-state index in [-0.39, 0.29) is 11.9 Å². The van der Waals surface area contributed by atoms with Gasteiger partial charge in [-0.05, 0) is 53.5 Å². The maximum Gasteiger partial charge on any atom is 0.254 e. The minimum Gasteiger partial charge on any atom is -0.398 e. The van der Waals surface area contributed by atoms with Crippen molar-refractivity contribution in [2.24, 2.45) is 0 Å². The number of hydrogen-bond acceptors (Lipinski definition) is 2. The number of amides is 1. The molecule has 1 atom stereocenters. The number of nitrogens with two attached hydrogens (primary N) is 1. The van der Waals surface area contributed by atoms with Crippen molar-refractivity contribution in [3.05, 3.63) is 63.6 Å². The first-order chi connectivity index (χ1) is 9.90. The molecule has 3 nitrogen and oxygen atoms in total. The number of carbonyl (C=O) groups is 1. The van der Waals surface area contributed by atoms with Crippen molar-refractivity contribution in [3.63, 3.8) is 0 Å². The van der Waals surface area contributed by atoms with Gasteiger partial charge in [0.15, 0.2) is 0 Å². The Morgan fingerprint density at radius 2 is 1.81 bits per heavy atom. The second-order valence-electron chi connectivity index (χ2n) is 5.24. The highest BCUT2D eigenvalue weighted by Gasteiger charge is 2.19. The van der Waals surface area contributed by atoms with Gasteiger partial charge in [0, 0.05) is 22.8 Å². The van der Waals surface area contributed by atoms with Crippen LogP contribution in [0.15, 0.2) is 46.9 Å². The van der Waals surface area contributed by atoms with Crippen LogP contribution in [0.5, 0.6) is 0 Å². The fourth-order valence-electron chi connectivity index (χ4n) is 2.11. The number of hydrogen-bond donors (Lipinski definition) is 1. The third-order valence-corrected chi connectivity index (χ3v) is 4.40. The van der Waals surface area contributed by atoms with Crippen LogP contribution in [0.1, 0.15) is 34.5 Å². The van der Waals surface area contributed by atoms with Crippen molar-refractivity contribution in [1.82, 2.24) is 4.90 Å². The van der Waals surface area contributed by atoms with Crippen LogP contribution in [0, 0.1) is 6.92 Å². The van der Waals surface area contributed by atoms with Gasteiger partial charge in [-0.25, -0.2) is 0 Å². The van der Waals surface area contributed by atoms with E-state index in [1.54, 1.807) is 23.1 Å². The molecule has 2 aromatic carbocycles. The lowest BCUT2D eigenvalue weighted by molar-refractivity contribution is 0.0742. The molecule has 0 aliphatic heterocycles. The Kier molecular flexibility index (Phi) is 4.68. The highest BCUT2D eigenvalue weighted by Crippen LogP contribution is 2.24. The lowest BCUT2D eigenvalue weighted by Crippen LogP contribution is -2.29. The van der Waals surface area contributed by atoms with E-state index in [9.17, 15) is 4.79 Å². The first-order valence-corrected chi connectivity index (χ1v) is 7.58. The summed E-state index contributed by atoms with van der Waals surface area (Å²) in [5.41, 5.74) is 9.33. The minimum atomic E-state index is -0.0243. The first-order valence-electron chi connectivity index (χ1n) is 6.79. The van der Waals surface area contributed by atoms with Crippen LogP contribution in [0.3, 0.4) is 0 Å². The molecular weight excluding hydrogens is 328 g/mol. The molecule has 0 saturated carbocycles. The Hall–Kier alpha value is -1.81. The third kappa shape index (κ3) is 3.45. The van der Waals surface area contributed by atoms with Gasteiger partial charge in [0.25, 0.3) is 5.91 Å². The molecule has 0 spiro atoms. The minimum absolute atomic E-state index is 0.00873. The van der Waals surface area contributed by atoms with Crippen molar-refractivity contribution in [2.45, 2.75) is 19.9 Å². The molecule has 1 amide bonds. The van der Waals surface area contributed by atoms with Crippen LogP contribution in [-0.4, -0.2) is 17.9 Å². The molecule has 0 heterocycles. The highest BCUT2D eigenvalue weighted by atomic mass is 79.9. The molecule has 0 saturated heterocycles. The lowest BCUT2D eigenvalue weighted by Gasteiger charge is -2.25. The van der Waals surface area contributed by atoms with Crippen LogP contribution < -0.4 is 5.73 Å². The summed E-state index contributed by atoms with van der Waals surface area (Å²) in [7, 11) is 1.82. The van der Waals surface area contributed by atoms with Crippen LogP contribution in [0.2, 0.25) is 0 Å². The highest BCUT2D eigenvalue weighted by molar-refractivity contribution is 9.10. The maximum atomic E-state index is 12.6. The van der Waals surface area contributed by atoms with Gasteiger partial charge in [-0.2, -0.15) is 0 Å². The van der Waals surface area contributed by atoms with Crippen molar-refractivity contribution in [2.75, 3.05) is 12.8 Å². The van der Waals surface area contributed by atoms with E-state index in [4.69, 9.17) is 5.73 Å². The summed E-state index contributed by atoms with van der Waals surface area (Å²) >= 11 is 3.36. The maximum absolute atomic E-state index is 12.6. The number of nitrogen functional groups attached to an aromatic ring is 1. The molecule has 110 valence electrons. The number of halogens is 1.